The minimum atomic E-state index is 0.141. The largest absolute Gasteiger partial charge is 0.382 e. The second kappa shape index (κ2) is 9.66. The van der Waals surface area contributed by atoms with E-state index in [1.807, 2.05) is 25.1 Å². The first-order chi connectivity index (χ1) is 8.83. The van der Waals surface area contributed by atoms with Crippen LogP contribution in [0.2, 0.25) is 0 Å². The van der Waals surface area contributed by atoms with Crippen molar-refractivity contribution < 1.29 is 9.53 Å². The fraction of sp³-hybridized carbons (Fsp3) is 0.533. The van der Waals surface area contributed by atoms with Crippen LogP contribution in [0.25, 0.3) is 0 Å². The van der Waals surface area contributed by atoms with Gasteiger partial charge in [-0.25, -0.2) is 0 Å². The number of aryl methyl sites for hydroxylation is 1. The summed E-state index contributed by atoms with van der Waals surface area (Å²) in [6.07, 6.45) is 3.36. The number of benzene rings is 1. The Balaban J connectivity index is 2.00. The number of carbonyl (C=O) groups is 1. The summed E-state index contributed by atoms with van der Waals surface area (Å²) in [5, 5.41) is 2.91. The molecule has 0 unspecified atom stereocenters. The Bertz CT molecular complexity index is 325. The van der Waals surface area contributed by atoms with Gasteiger partial charge in [0.15, 0.2) is 0 Å². The van der Waals surface area contributed by atoms with Gasteiger partial charge in [-0.3, -0.25) is 4.79 Å². The van der Waals surface area contributed by atoms with Gasteiger partial charge >= 0.3 is 0 Å². The van der Waals surface area contributed by atoms with E-state index in [0.717, 1.165) is 32.5 Å². The average molecular weight is 249 g/mol. The monoisotopic (exact) mass is 249 g/mol. The molecule has 0 aliphatic carbocycles. The molecule has 0 saturated heterocycles. The minimum absolute atomic E-state index is 0.141. The fourth-order valence-electron chi connectivity index (χ4n) is 1.73. The van der Waals surface area contributed by atoms with Crippen LogP contribution in [0.4, 0.5) is 0 Å². The summed E-state index contributed by atoms with van der Waals surface area (Å²) >= 11 is 0. The number of carbonyl (C=O) groups excluding carboxylic acids is 1. The number of amides is 1. The summed E-state index contributed by atoms with van der Waals surface area (Å²) in [7, 11) is 0. The Kier molecular flexibility index (Phi) is 7.89. The zero-order valence-electron chi connectivity index (χ0n) is 11.2. The van der Waals surface area contributed by atoms with Gasteiger partial charge in [0.05, 0.1) is 0 Å². The van der Waals surface area contributed by atoms with E-state index in [-0.39, 0.29) is 5.91 Å². The molecule has 0 aromatic heterocycles. The summed E-state index contributed by atoms with van der Waals surface area (Å²) in [6.45, 7) is 4.15. The number of ether oxygens (including phenoxy) is 1. The molecule has 0 fully saturated rings. The van der Waals surface area contributed by atoms with Crippen LogP contribution in [0.15, 0.2) is 30.3 Å². The third-order valence-corrected chi connectivity index (χ3v) is 2.70. The minimum Gasteiger partial charge on any atom is -0.382 e. The molecule has 0 aliphatic rings. The first-order valence-corrected chi connectivity index (χ1v) is 6.71. The highest BCUT2D eigenvalue weighted by Gasteiger charge is 2.00. The van der Waals surface area contributed by atoms with E-state index < -0.39 is 0 Å². The van der Waals surface area contributed by atoms with Gasteiger partial charge in [0.2, 0.25) is 5.91 Å². The Hall–Kier alpha value is -1.35. The van der Waals surface area contributed by atoms with Crippen LogP contribution in [0.5, 0.6) is 0 Å². The summed E-state index contributed by atoms with van der Waals surface area (Å²) in [5.41, 5.74) is 1.29. The van der Waals surface area contributed by atoms with Crippen molar-refractivity contribution >= 4 is 5.91 Å². The highest BCUT2D eigenvalue weighted by atomic mass is 16.5. The lowest BCUT2D eigenvalue weighted by Gasteiger charge is -2.05. The topological polar surface area (TPSA) is 38.3 Å². The molecule has 0 bridgehead atoms. The van der Waals surface area contributed by atoms with E-state index >= 15 is 0 Å². The van der Waals surface area contributed by atoms with Gasteiger partial charge in [-0.15, -0.1) is 0 Å². The van der Waals surface area contributed by atoms with Gasteiger partial charge in [-0.2, -0.15) is 0 Å². The molecule has 1 aromatic rings. The van der Waals surface area contributed by atoms with Crippen LogP contribution in [0, 0.1) is 0 Å². The maximum Gasteiger partial charge on any atom is 0.220 e. The van der Waals surface area contributed by atoms with Gasteiger partial charge in [-0.05, 0) is 31.7 Å². The Labute approximate surface area is 110 Å². The zero-order valence-corrected chi connectivity index (χ0v) is 11.2. The number of nitrogens with one attached hydrogen (secondary N) is 1. The first-order valence-electron chi connectivity index (χ1n) is 6.71. The Morgan fingerprint density at radius 1 is 1.22 bits per heavy atom. The standard InChI is InChI=1S/C15H23NO2/c1-2-18-13-7-12-16-15(17)11-6-10-14-8-4-3-5-9-14/h3-5,8-9H,2,6-7,10-13H2,1H3,(H,16,17). The molecule has 0 saturated carbocycles. The smallest absolute Gasteiger partial charge is 0.220 e. The molecule has 0 atom stereocenters. The average Bonchev–Trinajstić information content (AvgIpc) is 2.40. The number of hydrogen-bond acceptors (Lipinski definition) is 2. The van der Waals surface area contributed by atoms with E-state index in [1.165, 1.54) is 5.56 Å². The maximum absolute atomic E-state index is 11.5. The normalized spacial score (nSPS) is 10.3. The number of hydrogen-bond donors (Lipinski definition) is 1. The molecule has 0 aliphatic heterocycles. The first kappa shape index (κ1) is 14.7. The number of rotatable bonds is 9. The molecule has 1 rings (SSSR count). The van der Waals surface area contributed by atoms with Crippen molar-refractivity contribution in [3.05, 3.63) is 35.9 Å². The van der Waals surface area contributed by atoms with Crippen LogP contribution in [0.3, 0.4) is 0 Å². The second-order valence-corrected chi connectivity index (χ2v) is 4.24. The highest BCUT2D eigenvalue weighted by molar-refractivity contribution is 5.75. The van der Waals surface area contributed by atoms with Crippen LogP contribution in [0.1, 0.15) is 31.7 Å². The van der Waals surface area contributed by atoms with Gasteiger partial charge in [-0.1, -0.05) is 30.3 Å². The van der Waals surface area contributed by atoms with E-state index in [0.29, 0.717) is 13.0 Å². The van der Waals surface area contributed by atoms with Crippen LogP contribution < -0.4 is 5.32 Å². The molecule has 1 aromatic carbocycles. The molecule has 3 heteroatoms. The third kappa shape index (κ3) is 7.07. The summed E-state index contributed by atoms with van der Waals surface area (Å²) in [6, 6.07) is 10.3. The van der Waals surface area contributed by atoms with E-state index in [9.17, 15) is 4.79 Å². The zero-order chi connectivity index (χ0) is 13.1. The predicted molar refractivity (Wildman–Crippen MR) is 73.5 cm³/mol. The lowest BCUT2D eigenvalue weighted by molar-refractivity contribution is -0.121. The molecular formula is C15H23NO2. The lowest BCUT2D eigenvalue weighted by Crippen LogP contribution is -2.25. The summed E-state index contributed by atoms with van der Waals surface area (Å²) in [5.74, 6) is 0.141. The van der Waals surface area contributed by atoms with Gasteiger partial charge in [0.25, 0.3) is 0 Å². The van der Waals surface area contributed by atoms with Crippen LogP contribution in [-0.4, -0.2) is 25.7 Å². The van der Waals surface area contributed by atoms with Gasteiger partial charge in [0.1, 0.15) is 0 Å². The molecule has 0 radical (unpaired) electrons. The summed E-state index contributed by atoms with van der Waals surface area (Å²) in [4.78, 5) is 11.5. The second-order valence-electron chi connectivity index (χ2n) is 4.24. The Morgan fingerprint density at radius 3 is 2.72 bits per heavy atom. The van der Waals surface area contributed by atoms with Crippen molar-refractivity contribution in [1.29, 1.82) is 0 Å². The van der Waals surface area contributed by atoms with Crippen molar-refractivity contribution in [3.8, 4) is 0 Å². The van der Waals surface area contributed by atoms with Crippen molar-refractivity contribution in [3.63, 3.8) is 0 Å². The van der Waals surface area contributed by atoms with Crippen molar-refractivity contribution in [1.82, 2.24) is 5.32 Å². The molecule has 3 nitrogen and oxygen atoms in total. The van der Waals surface area contributed by atoms with Gasteiger partial charge < -0.3 is 10.1 Å². The molecule has 0 spiro atoms. The van der Waals surface area contributed by atoms with Crippen molar-refractivity contribution in [2.45, 2.75) is 32.6 Å². The summed E-state index contributed by atoms with van der Waals surface area (Å²) < 4.78 is 5.20. The van der Waals surface area contributed by atoms with Crippen molar-refractivity contribution in [2.24, 2.45) is 0 Å². The highest BCUT2D eigenvalue weighted by Crippen LogP contribution is 2.04. The third-order valence-electron chi connectivity index (χ3n) is 2.70. The SMILES string of the molecule is CCOCCCNC(=O)CCCc1ccccc1. The van der Waals surface area contributed by atoms with Crippen LogP contribution >= 0.6 is 0 Å². The molecule has 0 heterocycles. The predicted octanol–water partition coefficient (Wildman–Crippen LogP) is 2.55. The quantitative estimate of drug-likeness (QED) is 0.683. The van der Waals surface area contributed by atoms with Crippen molar-refractivity contribution in [2.75, 3.05) is 19.8 Å². The fourth-order valence-corrected chi connectivity index (χ4v) is 1.73. The van der Waals surface area contributed by atoms with Gasteiger partial charge in [0, 0.05) is 26.2 Å². The molecule has 100 valence electrons. The molecule has 1 N–H and O–H groups in total. The van der Waals surface area contributed by atoms with E-state index in [1.54, 1.807) is 0 Å². The Morgan fingerprint density at radius 2 is 2.00 bits per heavy atom. The van der Waals surface area contributed by atoms with E-state index in [4.69, 9.17) is 4.74 Å². The maximum atomic E-state index is 11.5. The molecule has 1 amide bonds. The van der Waals surface area contributed by atoms with E-state index in [2.05, 4.69) is 17.4 Å². The molecule has 18 heavy (non-hydrogen) atoms. The van der Waals surface area contributed by atoms with Crippen LogP contribution in [-0.2, 0) is 16.0 Å². The lowest BCUT2D eigenvalue weighted by atomic mass is 10.1. The molecular weight excluding hydrogens is 226 g/mol.